The second kappa shape index (κ2) is 6.51. The molecule has 0 saturated heterocycles. The van der Waals surface area contributed by atoms with Crippen LogP contribution in [0.4, 0.5) is 0 Å². The number of hydrogen-bond acceptors (Lipinski definition) is 3. The Balaban J connectivity index is 2.04. The van der Waals surface area contributed by atoms with Crippen LogP contribution in [0.25, 0.3) is 0 Å². The molecule has 1 aromatic rings. The van der Waals surface area contributed by atoms with Crippen molar-refractivity contribution in [2.24, 2.45) is 5.73 Å². The highest BCUT2D eigenvalue weighted by molar-refractivity contribution is 5.37. The standard InChI is InChI=1S/C16H27N3/c1-4-19(11-7-10-18(2)3)16-12-15(17)13-8-5-6-9-14(13)16/h5-6,8-9,15-16H,4,7,10-12,17H2,1-3H3. The molecule has 19 heavy (non-hydrogen) atoms. The lowest BCUT2D eigenvalue weighted by molar-refractivity contribution is 0.192. The zero-order valence-corrected chi connectivity index (χ0v) is 12.5. The van der Waals surface area contributed by atoms with E-state index in [0.29, 0.717) is 6.04 Å². The largest absolute Gasteiger partial charge is 0.324 e. The van der Waals surface area contributed by atoms with E-state index in [1.807, 2.05) is 0 Å². The second-order valence-electron chi connectivity index (χ2n) is 5.77. The Morgan fingerprint density at radius 2 is 1.84 bits per heavy atom. The molecule has 0 spiro atoms. The maximum absolute atomic E-state index is 6.27. The van der Waals surface area contributed by atoms with E-state index in [-0.39, 0.29) is 6.04 Å². The van der Waals surface area contributed by atoms with Crippen LogP contribution < -0.4 is 5.73 Å². The minimum absolute atomic E-state index is 0.212. The number of nitrogens with zero attached hydrogens (tertiary/aromatic N) is 2. The van der Waals surface area contributed by atoms with Gasteiger partial charge in [0.2, 0.25) is 0 Å². The van der Waals surface area contributed by atoms with Crippen molar-refractivity contribution in [1.82, 2.24) is 9.80 Å². The second-order valence-corrected chi connectivity index (χ2v) is 5.77. The van der Waals surface area contributed by atoms with Crippen molar-refractivity contribution in [2.75, 3.05) is 33.7 Å². The van der Waals surface area contributed by atoms with Gasteiger partial charge < -0.3 is 10.6 Å². The quantitative estimate of drug-likeness (QED) is 0.853. The molecular formula is C16H27N3. The number of nitrogens with two attached hydrogens (primary N) is 1. The molecular weight excluding hydrogens is 234 g/mol. The SMILES string of the molecule is CCN(CCCN(C)C)C1CC(N)c2ccccc21. The third-order valence-electron chi connectivity index (χ3n) is 4.13. The fourth-order valence-electron chi connectivity index (χ4n) is 3.12. The van der Waals surface area contributed by atoms with E-state index in [4.69, 9.17) is 5.73 Å². The molecule has 2 rings (SSSR count). The van der Waals surface area contributed by atoms with E-state index < -0.39 is 0 Å². The van der Waals surface area contributed by atoms with Gasteiger partial charge in [-0.15, -0.1) is 0 Å². The molecule has 0 aromatic heterocycles. The van der Waals surface area contributed by atoms with Gasteiger partial charge in [0.05, 0.1) is 0 Å². The molecule has 2 unspecified atom stereocenters. The van der Waals surface area contributed by atoms with Gasteiger partial charge in [0.15, 0.2) is 0 Å². The maximum Gasteiger partial charge on any atom is 0.0369 e. The van der Waals surface area contributed by atoms with E-state index in [9.17, 15) is 0 Å². The Labute approximate surface area is 117 Å². The highest BCUT2D eigenvalue weighted by Gasteiger charge is 2.31. The average molecular weight is 261 g/mol. The fourth-order valence-corrected chi connectivity index (χ4v) is 3.12. The normalized spacial score (nSPS) is 22.2. The van der Waals surface area contributed by atoms with Crippen molar-refractivity contribution < 1.29 is 0 Å². The number of fused-ring (bicyclic) bond motifs is 1. The van der Waals surface area contributed by atoms with E-state index in [1.54, 1.807) is 0 Å². The summed E-state index contributed by atoms with van der Waals surface area (Å²) >= 11 is 0. The first-order valence-corrected chi connectivity index (χ1v) is 7.36. The molecule has 2 N–H and O–H groups in total. The number of hydrogen-bond donors (Lipinski definition) is 1. The number of benzene rings is 1. The van der Waals surface area contributed by atoms with Crippen molar-refractivity contribution in [3.05, 3.63) is 35.4 Å². The first kappa shape index (κ1) is 14.5. The van der Waals surface area contributed by atoms with Crippen LogP contribution in [0, 0.1) is 0 Å². The van der Waals surface area contributed by atoms with Crippen LogP contribution in [0.15, 0.2) is 24.3 Å². The molecule has 0 amide bonds. The lowest BCUT2D eigenvalue weighted by atomic mass is 10.1. The molecule has 0 heterocycles. The smallest absolute Gasteiger partial charge is 0.0369 e. The summed E-state index contributed by atoms with van der Waals surface area (Å²) in [5, 5.41) is 0. The van der Waals surface area contributed by atoms with Crippen molar-refractivity contribution in [2.45, 2.75) is 31.8 Å². The highest BCUT2D eigenvalue weighted by Crippen LogP contribution is 2.40. The Kier molecular flexibility index (Phi) is 4.97. The minimum Gasteiger partial charge on any atom is -0.324 e. The molecule has 1 aliphatic rings. The van der Waals surface area contributed by atoms with Crippen LogP contribution in [0.5, 0.6) is 0 Å². The highest BCUT2D eigenvalue weighted by atomic mass is 15.2. The summed E-state index contributed by atoms with van der Waals surface area (Å²) in [6.45, 7) is 5.65. The predicted octanol–water partition coefficient (Wildman–Crippen LogP) is 2.40. The van der Waals surface area contributed by atoms with Gasteiger partial charge in [-0.1, -0.05) is 31.2 Å². The lowest BCUT2D eigenvalue weighted by Gasteiger charge is -2.29. The topological polar surface area (TPSA) is 32.5 Å². The first-order chi connectivity index (χ1) is 9.13. The summed E-state index contributed by atoms with van der Waals surface area (Å²) < 4.78 is 0. The molecule has 106 valence electrons. The van der Waals surface area contributed by atoms with Gasteiger partial charge in [-0.25, -0.2) is 0 Å². The van der Waals surface area contributed by atoms with Crippen molar-refractivity contribution in [1.29, 1.82) is 0 Å². The Bertz CT molecular complexity index is 403. The zero-order chi connectivity index (χ0) is 13.8. The van der Waals surface area contributed by atoms with Gasteiger partial charge in [-0.05, 0) is 57.7 Å². The molecule has 0 aliphatic heterocycles. The van der Waals surface area contributed by atoms with Crippen LogP contribution >= 0.6 is 0 Å². The molecule has 3 nitrogen and oxygen atoms in total. The van der Waals surface area contributed by atoms with Crippen LogP contribution in [-0.4, -0.2) is 43.5 Å². The van der Waals surface area contributed by atoms with Crippen LogP contribution in [0.3, 0.4) is 0 Å². The zero-order valence-electron chi connectivity index (χ0n) is 12.5. The molecule has 0 fully saturated rings. The van der Waals surface area contributed by atoms with Crippen LogP contribution in [0.2, 0.25) is 0 Å². The molecule has 3 heteroatoms. The minimum atomic E-state index is 0.212. The van der Waals surface area contributed by atoms with E-state index >= 15 is 0 Å². The van der Waals surface area contributed by atoms with Gasteiger partial charge in [-0.3, -0.25) is 4.90 Å². The summed E-state index contributed by atoms with van der Waals surface area (Å²) in [6, 6.07) is 9.40. The Morgan fingerprint density at radius 1 is 1.16 bits per heavy atom. The van der Waals surface area contributed by atoms with Crippen LogP contribution in [0.1, 0.15) is 43.0 Å². The molecule has 2 atom stereocenters. The van der Waals surface area contributed by atoms with Crippen molar-refractivity contribution in [3.63, 3.8) is 0 Å². The summed E-state index contributed by atoms with van der Waals surface area (Å²) in [5.41, 5.74) is 9.06. The monoisotopic (exact) mass is 261 g/mol. The summed E-state index contributed by atoms with van der Waals surface area (Å²) in [6.07, 6.45) is 2.28. The fraction of sp³-hybridized carbons (Fsp3) is 0.625. The van der Waals surface area contributed by atoms with Gasteiger partial charge in [0.25, 0.3) is 0 Å². The molecule has 0 saturated carbocycles. The van der Waals surface area contributed by atoms with Gasteiger partial charge in [-0.2, -0.15) is 0 Å². The predicted molar refractivity (Wildman–Crippen MR) is 81.1 cm³/mol. The van der Waals surface area contributed by atoms with Gasteiger partial charge in [0, 0.05) is 12.1 Å². The third-order valence-corrected chi connectivity index (χ3v) is 4.13. The molecule has 0 radical (unpaired) electrons. The summed E-state index contributed by atoms with van der Waals surface area (Å²) in [5.74, 6) is 0. The van der Waals surface area contributed by atoms with E-state index in [0.717, 1.165) is 26.1 Å². The first-order valence-electron chi connectivity index (χ1n) is 7.36. The summed E-state index contributed by atoms with van der Waals surface area (Å²) in [7, 11) is 4.27. The van der Waals surface area contributed by atoms with Crippen LogP contribution in [-0.2, 0) is 0 Å². The summed E-state index contributed by atoms with van der Waals surface area (Å²) in [4.78, 5) is 4.83. The molecule has 1 aliphatic carbocycles. The van der Waals surface area contributed by atoms with E-state index in [1.165, 1.54) is 17.5 Å². The Hall–Kier alpha value is -0.900. The average Bonchev–Trinajstić information content (AvgIpc) is 2.73. The molecule has 0 bridgehead atoms. The maximum atomic E-state index is 6.27. The number of rotatable bonds is 6. The molecule has 1 aromatic carbocycles. The van der Waals surface area contributed by atoms with Crippen molar-refractivity contribution in [3.8, 4) is 0 Å². The van der Waals surface area contributed by atoms with E-state index in [2.05, 4.69) is 55.1 Å². The lowest BCUT2D eigenvalue weighted by Crippen LogP contribution is -2.30. The Morgan fingerprint density at radius 3 is 2.47 bits per heavy atom. The third kappa shape index (κ3) is 3.35. The van der Waals surface area contributed by atoms with Gasteiger partial charge in [0.1, 0.15) is 0 Å². The van der Waals surface area contributed by atoms with Crippen molar-refractivity contribution >= 4 is 0 Å². The van der Waals surface area contributed by atoms with Gasteiger partial charge >= 0.3 is 0 Å².